The smallest absolute Gasteiger partial charge is 0.150 e. The summed E-state index contributed by atoms with van der Waals surface area (Å²) in [4.78, 5) is 12.9. The van der Waals surface area contributed by atoms with E-state index in [0.717, 1.165) is 30.5 Å². The van der Waals surface area contributed by atoms with Crippen molar-refractivity contribution in [2.75, 3.05) is 13.6 Å². The predicted molar refractivity (Wildman–Crippen MR) is 75.1 cm³/mol. The zero-order chi connectivity index (χ0) is 13.3. The summed E-state index contributed by atoms with van der Waals surface area (Å²) in [5.41, 5.74) is 2.52. The molecule has 0 heterocycles. The Bertz CT molecular complexity index is 358. The van der Waals surface area contributed by atoms with Gasteiger partial charge in [0.15, 0.2) is 6.29 Å². The lowest BCUT2D eigenvalue weighted by Crippen LogP contribution is -2.17. The summed E-state index contributed by atoms with van der Waals surface area (Å²) >= 11 is 0. The third-order valence-electron chi connectivity index (χ3n) is 2.42. The maximum absolute atomic E-state index is 10.9. The molecule has 0 aromatic heterocycles. The van der Waals surface area contributed by atoms with Crippen LogP contribution in [0.1, 0.15) is 43.1 Å². The summed E-state index contributed by atoms with van der Waals surface area (Å²) in [5.74, 6) is 0. The summed E-state index contributed by atoms with van der Waals surface area (Å²) in [6, 6.07) is 7.53. The maximum atomic E-state index is 10.9. The fraction of sp³-hybridized carbons (Fsp3) is 0.400. The van der Waals surface area contributed by atoms with Crippen molar-refractivity contribution in [2.45, 2.75) is 27.2 Å². The van der Waals surface area contributed by atoms with Crippen LogP contribution in [0.3, 0.4) is 0 Å². The number of nitrogens with zero attached hydrogens (tertiary/aromatic N) is 1. The van der Waals surface area contributed by atoms with Gasteiger partial charge in [-0.25, -0.2) is 0 Å². The van der Waals surface area contributed by atoms with E-state index in [4.69, 9.17) is 0 Å². The number of aldehydes is 1. The minimum Gasteiger partial charge on any atom is -0.375 e. The Hall–Kier alpha value is -1.57. The van der Waals surface area contributed by atoms with Gasteiger partial charge in [-0.05, 0) is 6.42 Å². The second-order valence-electron chi connectivity index (χ2n) is 3.57. The molecule has 1 aromatic rings. The van der Waals surface area contributed by atoms with Gasteiger partial charge in [-0.2, -0.15) is 0 Å². The highest BCUT2D eigenvalue weighted by molar-refractivity contribution is 5.84. The van der Waals surface area contributed by atoms with Gasteiger partial charge in [0, 0.05) is 30.4 Å². The van der Waals surface area contributed by atoms with E-state index in [2.05, 4.69) is 18.4 Å². The van der Waals surface area contributed by atoms with Crippen molar-refractivity contribution in [1.29, 1.82) is 0 Å². The number of rotatable bonds is 5. The minimum absolute atomic E-state index is 0.699. The van der Waals surface area contributed by atoms with E-state index < -0.39 is 0 Å². The monoisotopic (exact) mass is 233 g/mol. The average Bonchev–Trinajstić information content (AvgIpc) is 2.40. The zero-order valence-electron chi connectivity index (χ0n) is 11.4. The average molecular weight is 233 g/mol. The molecule has 0 amide bonds. The molecule has 0 saturated carbocycles. The molecular formula is C15H23NO. The van der Waals surface area contributed by atoms with Crippen LogP contribution in [0.2, 0.25) is 0 Å². The maximum Gasteiger partial charge on any atom is 0.150 e. The molecule has 0 spiro atoms. The molecule has 0 radical (unpaired) electrons. The van der Waals surface area contributed by atoms with Gasteiger partial charge in [0.1, 0.15) is 0 Å². The van der Waals surface area contributed by atoms with Crippen LogP contribution in [-0.4, -0.2) is 24.8 Å². The standard InChI is InChI=1S/C13H17NO.C2H6/c1-4-9-14(3)11(2)13-8-6-5-7-12(13)10-15;1-2/h5-8,10H,2,4,9H2,1,3H3;1-2H3. The number of hydrogen-bond acceptors (Lipinski definition) is 2. The lowest BCUT2D eigenvalue weighted by molar-refractivity contribution is 0.112. The van der Waals surface area contributed by atoms with Crippen molar-refractivity contribution in [1.82, 2.24) is 4.90 Å². The molecule has 2 nitrogen and oxygen atoms in total. The van der Waals surface area contributed by atoms with Crippen LogP contribution in [0, 0.1) is 0 Å². The van der Waals surface area contributed by atoms with Crippen molar-refractivity contribution in [3.05, 3.63) is 42.0 Å². The second kappa shape index (κ2) is 8.57. The molecule has 94 valence electrons. The Morgan fingerprint density at radius 3 is 2.47 bits per heavy atom. The van der Waals surface area contributed by atoms with Gasteiger partial charge in [-0.1, -0.05) is 51.6 Å². The van der Waals surface area contributed by atoms with Crippen LogP contribution in [-0.2, 0) is 0 Å². The molecule has 0 aliphatic carbocycles. The van der Waals surface area contributed by atoms with E-state index in [1.807, 2.05) is 45.2 Å². The Morgan fingerprint density at radius 2 is 1.94 bits per heavy atom. The Balaban J connectivity index is 0.00000121. The largest absolute Gasteiger partial charge is 0.375 e. The van der Waals surface area contributed by atoms with Gasteiger partial charge in [0.05, 0.1) is 0 Å². The first-order chi connectivity index (χ1) is 8.20. The van der Waals surface area contributed by atoms with Crippen molar-refractivity contribution in [3.63, 3.8) is 0 Å². The van der Waals surface area contributed by atoms with Crippen molar-refractivity contribution in [2.24, 2.45) is 0 Å². The molecule has 2 heteroatoms. The highest BCUT2D eigenvalue weighted by Gasteiger charge is 2.07. The molecule has 0 saturated heterocycles. The molecule has 0 fully saturated rings. The van der Waals surface area contributed by atoms with Crippen LogP contribution in [0.5, 0.6) is 0 Å². The molecule has 0 N–H and O–H groups in total. The zero-order valence-corrected chi connectivity index (χ0v) is 11.4. The Labute approximate surface area is 105 Å². The number of carbonyl (C=O) groups is 1. The summed E-state index contributed by atoms with van der Waals surface area (Å²) in [6.45, 7) is 11.1. The Morgan fingerprint density at radius 1 is 1.35 bits per heavy atom. The quantitative estimate of drug-likeness (QED) is 0.720. The van der Waals surface area contributed by atoms with E-state index in [9.17, 15) is 4.79 Å². The molecule has 17 heavy (non-hydrogen) atoms. The minimum atomic E-state index is 0.699. The first kappa shape index (κ1) is 15.4. The molecule has 1 rings (SSSR count). The topological polar surface area (TPSA) is 20.3 Å². The molecule has 1 aromatic carbocycles. The summed E-state index contributed by atoms with van der Waals surface area (Å²) in [7, 11) is 1.99. The summed E-state index contributed by atoms with van der Waals surface area (Å²) in [6.07, 6.45) is 1.94. The Kier molecular flexibility index (Phi) is 7.78. The highest BCUT2D eigenvalue weighted by Crippen LogP contribution is 2.19. The van der Waals surface area contributed by atoms with E-state index in [1.165, 1.54) is 0 Å². The van der Waals surface area contributed by atoms with Crippen LogP contribution in [0.25, 0.3) is 5.70 Å². The van der Waals surface area contributed by atoms with Gasteiger partial charge in [-0.3, -0.25) is 4.79 Å². The fourth-order valence-corrected chi connectivity index (χ4v) is 1.54. The number of benzene rings is 1. The van der Waals surface area contributed by atoms with Gasteiger partial charge >= 0.3 is 0 Å². The molecular weight excluding hydrogens is 210 g/mol. The SMILES string of the molecule is C=C(c1ccccc1C=O)N(C)CCC.CC. The molecule has 0 bridgehead atoms. The second-order valence-corrected chi connectivity index (χ2v) is 3.57. The first-order valence-corrected chi connectivity index (χ1v) is 6.15. The number of hydrogen-bond donors (Lipinski definition) is 0. The fourth-order valence-electron chi connectivity index (χ4n) is 1.54. The van der Waals surface area contributed by atoms with E-state index in [1.54, 1.807) is 0 Å². The normalized spacial score (nSPS) is 8.94. The van der Waals surface area contributed by atoms with Gasteiger partial charge in [0.2, 0.25) is 0 Å². The van der Waals surface area contributed by atoms with Crippen LogP contribution >= 0.6 is 0 Å². The lowest BCUT2D eigenvalue weighted by atomic mass is 10.1. The molecule has 0 unspecified atom stereocenters. The van der Waals surface area contributed by atoms with Crippen molar-refractivity contribution < 1.29 is 4.79 Å². The molecule has 0 aliphatic rings. The first-order valence-electron chi connectivity index (χ1n) is 6.15. The van der Waals surface area contributed by atoms with E-state index in [-0.39, 0.29) is 0 Å². The van der Waals surface area contributed by atoms with Crippen molar-refractivity contribution >= 4 is 12.0 Å². The van der Waals surface area contributed by atoms with E-state index in [0.29, 0.717) is 5.56 Å². The van der Waals surface area contributed by atoms with Crippen LogP contribution in [0.4, 0.5) is 0 Å². The van der Waals surface area contributed by atoms with Crippen LogP contribution < -0.4 is 0 Å². The lowest BCUT2D eigenvalue weighted by Gasteiger charge is -2.21. The highest BCUT2D eigenvalue weighted by atomic mass is 16.1. The summed E-state index contributed by atoms with van der Waals surface area (Å²) in [5, 5.41) is 0. The van der Waals surface area contributed by atoms with Gasteiger partial charge in [0.25, 0.3) is 0 Å². The number of carbonyl (C=O) groups excluding carboxylic acids is 1. The third-order valence-corrected chi connectivity index (χ3v) is 2.42. The molecule has 0 aliphatic heterocycles. The van der Waals surface area contributed by atoms with Crippen molar-refractivity contribution in [3.8, 4) is 0 Å². The predicted octanol–water partition coefficient (Wildman–Crippen LogP) is 3.84. The third kappa shape index (κ3) is 4.43. The molecule has 0 atom stereocenters. The van der Waals surface area contributed by atoms with Crippen LogP contribution in [0.15, 0.2) is 30.8 Å². The summed E-state index contributed by atoms with van der Waals surface area (Å²) < 4.78 is 0. The van der Waals surface area contributed by atoms with E-state index >= 15 is 0 Å². The van der Waals surface area contributed by atoms with Gasteiger partial charge < -0.3 is 4.90 Å². The van der Waals surface area contributed by atoms with Gasteiger partial charge in [-0.15, -0.1) is 0 Å².